The Morgan fingerprint density at radius 3 is 2.70 bits per heavy atom. The topological polar surface area (TPSA) is 76.9 Å². The number of benzene rings is 1. The van der Waals surface area contributed by atoms with Crippen molar-refractivity contribution >= 4 is 27.7 Å². The van der Waals surface area contributed by atoms with Crippen molar-refractivity contribution in [1.82, 2.24) is 14.8 Å². The number of anilines is 1. The molecule has 0 saturated heterocycles. The normalized spacial score (nSPS) is 11.6. The Balaban J connectivity index is 2.37. The summed E-state index contributed by atoms with van der Waals surface area (Å²) in [6.45, 7) is 1.59. The van der Waals surface area contributed by atoms with Gasteiger partial charge >= 0.3 is 0 Å². The van der Waals surface area contributed by atoms with Crippen LogP contribution in [0.25, 0.3) is 0 Å². The minimum absolute atomic E-state index is 0.0412. The molecule has 1 aromatic heterocycles. The van der Waals surface area contributed by atoms with Gasteiger partial charge in [-0.05, 0) is 30.9 Å². The van der Waals surface area contributed by atoms with Crippen LogP contribution < -0.4 is 4.72 Å². The van der Waals surface area contributed by atoms with Gasteiger partial charge in [-0.2, -0.15) is 4.98 Å². The Hall–Kier alpha value is -1.61. The van der Waals surface area contributed by atoms with E-state index in [2.05, 4.69) is 14.8 Å². The second kappa shape index (κ2) is 5.41. The number of hydrogen-bond donors (Lipinski definition) is 1. The summed E-state index contributed by atoms with van der Waals surface area (Å²) in [5.41, 5.74) is 0.444. The SMILES string of the molecule is CSc1nc(NS(=O)(=O)c2cc(F)ccc2C)nn1C. The molecule has 2 rings (SSSR count). The van der Waals surface area contributed by atoms with Crippen LogP contribution in [0.3, 0.4) is 0 Å². The second-order valence-corrected chi connectivity index (χ2v) is 6.49. The summed E-state index contributed by atoms with van der Waals surface area (Å²) in [6, 6.07) is 3.58. The van der Waals surface area contributed by atoms with Crippen molar-refractivity contribution in [2.24, 2.45) is 7.05 Å². The zero-order chi connectivity index (χ0) is 14.9. The molecule has 2 aromatic rings. The lowest BCUT2D eigenvalue weighted by atomic mass is 10.2. The van der Waals surface area contributed by atoms with Crippen molar-refractivity contribution in [3.63, 3.8) is 0 Å². The maximum Gasteiger partial charge on any atom is 0.264 e. The van der Waals surface area contributed by atoms with Gasteiger partial charge in [0.05, 0.1) is 4.90 Å². The maximum atomic E-state index is 13.2. The van der Waals surface area contributed by atoms with Crippen molar-refractivity contribution in [3.05, 3.63) is 29.6 Å². The van der Waals surface area contributed by atoms with E-state index in [1.165, 1.54) is 28.6 Å². The zero-order valence-electron chi connectivity index (χ0n) is 11.1. The predicted octanol–water partition coefficient (Wildman–Crippen LogP) is 1.79. The number of halogens is 1. The monoisotopic (exact) mass is 316 g/mol. The van der Waals surface area contributed by atoms with Crippen molar-refractivity contribution in [2.45, 2.75) is 17.0 Å². The van der Waals surface area contributed by atoms with Crippen LogP contribution in [-0.2, 0) is 17.1 Å². The van der Waals surface area contributed by atoms with Gasteiger partial charge in [0.25, 0.3) is 16.0 Å². The number of sulfonamides is 1. The van der Waals surface area contributed by atoms with E-state index in [0.29, 0.717) is 10.7 Å². The number of nitrogens with one attached hydrogen (secondary N) is 1. The van der Waals surface area contributed by atoms with Gasteiger partial charge in [0, 0.05) is 7.05 Å². The van der Waals surface area contributed by atoms with Crippen LogP contribution >= 0.6 is 11.8 Å². The van der Waals surface area contributed by atoms with Gasteiger partial charge < -0.3 is 0 Å². The highest BCUT2D eigenvalue weighted by Gasteiger charge is 2.20. The molecular formula is C11H13FN4O2S2. The molecule has 0 aliphatic heterocycles. The van der Waals surface area contributed by atoms with E-state index >= 15 is 0 Å². The molecule has 20 heavy (non-hydrogen) atoms. The first-order valence-corrected chi connectivity index (χ1v) is 8.28. The molecular weight excluding hydrogens is 303 g/mol. The van der Waals surface area contributed by atoms with Crippen molar-refractivity contribution in [2.75, 3.05) is 11.0 Å². The number of nitrogens with zero attached hydrogens (tertiary/aromatic N) is 3. The lowest BCUT2D eigenvalue weighted by Gasteiger charge is -2.07. The summed E-state index contributed by atoms with van der Waals surface area (Å²) in [4.78, 5) is 3.89. The van der Waals surface area contributed by atoms with Crippen LogP contribution in [-0.4, -0.2) is 29.4 Å². The molecule has 0 radical (unpaired) electrons. The highest BCUT2D eigenvalue weighted by Crippen LogP contribution is 2.20. The smallest absolute Gasteiger partial charge is 0.246 e. The Morgan fingerprint density at radius 2 is 2.10 bits per heavy atom. The van der Waals surface area contributed by atoms with Gasteiger partial charge in [0.2, 0.25) is 0 Å². The molecule has 0 atom stereocenters. The summed E-state index contributed by atoms with van der Waals surface area (Å²) in [5, 5.41) is 4.51. The summed E-state index contributed by atoms with van der Waals surface area (Å²) < 4.78 is 41.3. The molecule has 108 valence electrons. The lowest BCUT2D eigenvalue weighted by Crippen LogP contribution is -2.15. The second-order valence-electron chi connectivity index (χ2n) is 4.06. The summed E-state index contributed by atoms with van der Waals surface area (Å²) in [6.07, 6.45) is 1.80. The Morgan fingerprint density at radius 1 is 1.40 bits per heavy atom. The molecule has 1 aromatic carbocycles. The molecule has 0 spiro atoms. The van der Waals surface area contributed by atoms with Crippen LogP contribution in [0.4, 0.5) is 10.3 Å². The van der Waals surface area contributed by atoms with Gasteiger partial charge in [-0.3, -0.25) is 0 Å². The first kappa shape index (κ1) is 14.8. The fourth-order valence-electron chi connectivity index (χ4n) is 1.63. The van der Waals surface area contributed by atoms with E-state index in [-0.39, 0.29) is 10.8 Å². The van der Waals surface area contributed by atoms with Gasteiger partial charge in [0.15, 0.2) is 5.16 Å². The first-order chi connectivity index (χ1) is 9.33. The van der Waals surface area contributed by atoms with Crippen LogP contribution in [0.15, 0.2) is 28.3 Å². The Kier molecular flexibility index (Phi) is 4.00. The quantitative estimate of drug-likeness (QED) is 0.870. The minimum Gasteiger partial charge on any atom is -0.246 e. The molecule has 0 unspecified atom stereocenters. The molecule has 0 aliphatic rings. The molecule has 0 fully saturated rings. The third kappa shape index (κ3) is 2.93. The van der Waals surface area contributed by atoms with E-state index in [0.717, 1.165) is 6.07 Å². The Labute approximate surface area is 120 Å². The molecule has 0 amide bonds. The number of aryl methyl sites for hydroxylation is 2. The fourth-order valence-corrected chi connectivity index (χ4v) is 3.31. The average Bonchev–Trinajstić information content (AvgIpc) is 2.71. The molecule has 1 N–H and O–H groups in total. The lowest BCUT2D eigenvalue weighted by molar-refractivity contribution is 0.594. The number of thioether (sulfide) groups is 1. The van der Waals surface area contributed by atoms with E-state index in [9.17, 15) is 12.8 Å². The maximum absolute atomic E-state index is 13.2. The fraction of sp³-hybridized carbons (Fsp3) is 0.273. The van der Waals surface area contributed by atoms with Crippen molar-refractivity contribution in [1.29, 1.82) is 0 Å². The molecule has 9 heteroatoms. The van der Waals surface area contributed by atoms with E-state index in [1.807, 2.05) is 0 Å². The number of aromatic nitrogens is 3. The minimum atomic E-state index is -3.92. The third-order valence-electron chi connectivity index (χ3n) is 2.57. The Bertz CT molecular complexity index is 743. The molecule has 0 saturated carbocycles. The summed E-state index contributed by atoms with van der Waals surface area (Å²) >= 11 is 1.34. The summed E-state index contributed by atoms with van der Waals surface area (Å²) in [5.74, 6) is -0.657. The standard InChI is InChI=1S/C11H13FN4O2S2/c1-7-4-5-8(12)6-9(7)20(17,18)15-10-13-11(19-3)16(2)14-10/h4-6H,1-3H3,(H,14,15). The number of rotatable bonds is 4. The molecule has 0 bridgehead atoms. The molecule has 1 heterocycles. The van der Waals surface area contributed by atoms with Crippen LogP contribution in [0.1, 0.15) is 5.56 Å². The number of hydrogen-bond acceptors (Lipinski definition) is 5. The van der Waals surface area contributed by atoms with Crippen molar-refractivity contribution < 1.29 is 12.8 Å². The van der Waals surface area contributed by atoms with Gasteiger partial charge in [-0.15, -0.1) is 5.10 Å². The van der Waals surface area contributed by atoms with Crippen molar-refractivity contribution in [3.8, 4) is 0 Å². The van der Waals surface area contributed by atoms with Gasteiger partial charge in [-0.25, -0.2) is 22.2 Å². The highest BCUT2D eigenvalue weighted by atomic mass is 32.2. The average molecular weight is 316 g/mol. The van der Waals surface area contributed by atoms with Gasteiger partial charge in [0.1, 0.15) is 5.82 Å². The molecule has 6 nitrogen and oxygen atoms in total. The zero-order valence-corrected chi connectivity index (χ0v) is 12.7. The summed E-state index contributed by atoms with van der Waals surface area (Å²) in [7, 11) is -2.26. The van der Waals surface area contributed by atoms with E-state index in [1.54, 1.807) is 20.2 Å². The van der Waals surface area contributed by atoms with Crippen LogP contribution in [0.5, 0.6) is 0 Å². The largest absolute Gasteiger partial charge is 0.264 e. The third-order valence-corrected chi connectivity index (χ3v) is 4.76. The first-order valence-electron chi connectivity index (χ1n) is 5.57. The van der Waals surface area contributed by atoms with E-state index in [4.69, 9.17) is 0 Å². The highest BCUT2D eigenvalue weighted by molar-refractivity contribution is 7.98. The molecule has 0 aliphatic carbocycles. The van der Waals surface area contributed by atoms with Gasteiger partial charge in [-0.1, -0.05) is 17.8 Å². The van der Waals surface area contributed by atoms with Crippen LogP contribution in [0.2, 0.25) is 0 Å². The predicted molar refractivity (Wildman–Crippen MR) is 74.7 cm³/mol. The van der Waals surface area contributed by atoms with Crippen LogP contribution in [0, 0.1) is 12.7 Å². The van der Waals surface area contributed by atoms with E-state index < -0.39 is 15.8 Å².